The smallest absolute Gasteiger partial charge is 0.322 e. The highest BCUT2D eigenvalue weighted by atomic mass is 35.5. The Kier molecular flexibility index (Phi) is 7.13. The van der Waals surface area contributed by atoms with Crippen molar-refractivity contribution in [1.82, 2.24) is 14.5 Å². The number of anilines is 1. The Balaban J connectivity index is 1.48. The summed E-state index contributed by atoms with van der Waals surface area (Å²) < 4.78 is 34.0. The largest absolute Gasteiger partial charge is 0.402 e. The van der Waals surface area contributed by atoms with Crippen LogP contribution in [0.3, 0.4) is 0 Å². The van der Waals surface area contributed by atoms with Crippen molar-refractivity contribution in [2.75, 3.05) is 5.32 Å². The summed E-state index contributed by atoms with van der Waals surface area (Å²) in [5.74, 6) is -0.269. The van der Waals surface area contributed by atoms with Gasteiger partial charge in [-0.3, -0.25) is 10.1 Å². The molecule has 0 spiro atoms. The molecular weight excluding hydrogens is 496 g/mol. The number of carbonyl (C=O) groups excluding carboxylic acids is 1. The maximum Gasteiger partial charge on any atom is 0.322 e. The van der Waals surface area contributed by atoms with Crippen LogP contribution in [-0.4, -0.2) is 34.9 Å². The van der Waals surface area contributed by atoms with Crippen LogP contribution in [0.1, 0.15) is 29.8 Å². The number of thiophene rings is 1. The molecule has 0 bridgehead atoms. The van der Waals surface area contributed by atoms with E-state index in [0.29, 0.717) is 9.21 Å². The van der Waals surface area contributed by atoms with Crippen LogP contribution in [0.25, 0.3) is 10.8 Å². The number of nitrogens with zero attached hydrogens (tertiary/aromatic N) is 3. The molecule has 0 fully saturated rings. The van der Waals surface area contributed by atoms with Gasteiger partial charge in [-0.1, -0.05) is 47.0 Å². The lowest BCUT2D eigenvalue weighted by Gasteiger charge is -2.26. The fraction of sp³-hybridized carbons (Fsp3) is 0.174. The van der Waals surface area contributed by atoms with Gasteiger partial charge >= 0.3 is 6.01 Å². The monoisotopic (exact) mass is 516 g/mol. The molecule has 4 rings (SSSR count). The fourth-order valence-electron chi connectivity index (χ4n) is 3.19. The normalized spacial score (nSPS) is 11.8. The van der Waals surface area contributed by atoms with Crippen molar-refractivity contribution in [2.24, 2.45) is 0 Å². The highest BCUT2D eigenvalue weighted by Gasteiger charge is 2.27. The molecule has 0 aliphatic heterocycles. The lowest BCUT2D eigenvalue weighted by atomic mass is 10.2. The number of rotatable bonds is 8. The summed E-state index contributed by atoms with van der Waals surface area (Å²) in [6.07, 6.45) is 0. The average Bonchev–Trinajstić information content (AvgIpc) is 3.46. The number of sulfonamides is 1. The van der Waals surface area contributed by atoms with E-state index in [9.17, 15) is 13.2 Å². The molecule has 2 aromatic carbocycles. The molecule has 2 heterocycles. The van der Waals surface area contributed by atoms with Crippen LogP contribution in [0.2, 0.25) is 4.34 Å². The van der Waals surface area contributed by atoms with Gasteiger partial charge in [-0.05, 0) is 55.8 Å². The molecule has 2 aromatic heterocycles. The average molecular weight is 517 g/mol. The van der Waals surface area contributed by atoms with Crippen molar-refractivity contribution in [3.63, 3.8) is 0 Å². The zero-order chi connectivity index (χ0) is 24.3. The first kappa shape index (κ1) is 24.1. The second-order valence-corrected chi connectivity index (χ2v) is 11.2. The molecule has 1 amide bonds. The second-order valence-electron chi connectivity index (χ2n) is 7.62. The molecule has 34 heavy (non-hydrogen) atoms. The zero-order valence-corrected chi connectivity index (χ0v) is 20.7. The summed E-state index contributed by atoms with van der Waals surface area (Å²) in [7, 11) is -3.77. The van der Waals surface area contributed by atoms with Crippen LogP contribution >= 0.6 is 22.9 Å². The Bertz CT molecular complexity index is 1380. The molecule has 1 N–H and O–H groups in total. The van der Waals surface area contributed by atoms with Gasteiger partial charge in [-0.25, -0.2) is 8.42 Å². The van der Waals surface area contributed by atoms with Gasteiger partial charge in [0.1, 0.15) is 0 Å². The summed E-state index contributed by atoms with van der Waals surface area (Å²) in [5.41, 5.74) is 1.14. The molecule has 0 saturated carbocycles. The van der Waals surface area contributed by atoms with Crippen LogP contribution < -0.4 is 5.32 Å². The van der Waals surface area contributed by atoms with E-state index >= 15 is 0 Å². The molecule has 0 saturated heterocycles. The van der Waals surface area contributed by atoms with E-state index in [1.54, 1.807) is 12.1 Å². The van der Waals surface area contributed by atoms with Crippen LogP contribution in [0, 0.1) is 0 Å². The molecule has 0 radical (unpaired) electrons. The van der Waals surface area contributed by atoms with E-state index in [4.69, 9.17) is 16.0 Å². The van der Waals surface area contributed by atoms with Gasteiger partial charge in [0.2, 0.25) is 10.0 Å². The molecular formula is C23H21ClN4O4S2. The first-order chi connectivity index (χ1) is 16.2. The number of amides is 1. The number of halogens is 1. The number of nitrogens with one attached hydrogen (secondary N) is 1. The minimum absolute atomic E-state index is 0.0740. The number of hydrogen-bond acceptors (Lipinski definition) is 7. The van der Waals surface area contributed by atoms with E-state index in [1.165, 1.54) is 39.9 Å². The molecule has 11 heteroatoms. The standard InChI is InChI=1S/C23H21ClN4O4S2/c1-15(2)28(14-16-6-4-3-5-7-16)34(30,31)18-10-8-17(9-11-18)21(29)25-23-27-26-22(32-23)19-12-13-20(24)33-19/h3-13,15H,14H2,1-2H3,(H,25,27,29). The third kappa shape index (κ3) is 5.36. The van der Waals surface area contributed by atoms with Gasteiger partial charge in [0, 0.05) is 18.2 Å². The maximum atomic E-state index is 13.3. The van der Waals surface area contributed by atoms with Gasteiger partial charge in [0.25, 0.3) is 11.8 Å². The van der Waals surface area contributed by atoms with Crippen LogP contribution in [0.4, 0.5) is 6.01 Å². The summed E-state index contributed by atoms with van der Waals surface area (Å²) >= 11 is 7.19. The van der Waals surface area contributed by atoms with E-state index < -0.39 is 15.9 Å². The minimum Gasteiger partial charge on any atom is -0.402 e. The van der Waals surface area contributed by atoms with Crippen LogP contribution in [-0.2, 0) is 16.6 Å². The van der Waals surface area contributed by atoms with E-state index in [-0.39, 0.29) is 35.0 Å². The SMILES string of the molecule is CC(C)N(Cc1ccccc1)S(=O)(=O)c1ccc(C(=O)Nc2nnc(-c3ccc(Cl)s3)o2)cc1. The van der Waals surface area contributed by atoms with E-state index in [0.717, 1.165) is 5.56 Å². The number of aromatic nitrogens is 2. The van der Waals surface area contributed by atoms with E-state index in [1.807, 2.05) is 44.2 Å². The second kappa shape index (κ2) is 10.1. The molecule has 0 atom stereocenters. The maximum absolute atomic E-state index is 13.3. The Morgan fingerprint density at radius 2 is 1.76 bits per heavy atom. The molecule has 8 nitrogen and oxygen atoms in total. The number of benzene rings is 2. The summed E-state index contributed by atoms with van der Waals surface area (Å²) in [4.78, 5) is 13.4. The summed E-state index contributed by atoms with van der Waals surface area (Å²) in [5, 5.41) is 10.2. The summed E-state index contributed by atoms with van der Waals surface area (Å²) in [6.45, 7) is 3.90. The Morgan fingerprint density at radius 1 is 1.06 bits per heavy atom. The molecule has 0 aliphatic rings. The van der Waals surface area contributed by atoms with Gasteiger partial charge < -0.3 is 4.42 Å². The van der Waals surface area contributed by atoms with Crippen molar-refractivity contribution in [3.8, 4) is 10.8 Å². The Labute approximate surface area is 206 Å². The topological polar surface area (TPSA) is 105 Å². The minimum atomic E-state index is -3.77. The molecule has 0 unspecified atom stereocenters. The van der Waals surface area contributed by atoms with Crippen molar-refractivity contribution < 1.29 is 17.6 Å². The van der Waals surface area contributed by atoms with E-state index in [2.05, 4.69) is 15.5 Å². The van der Waals surface area contributed by atoms with Crippen LogP contribution in [0.5, 0.6) is 0 Å². The summed E-state index contributed by atoms with van der Waals surface area (Å²) in [6, 6.07) is 18.2. The Morgan fingerprint density at radius 3 is 2.38 bits per heavy atom. The van der Waals surface area contributed by atoms with Gasteiger partial charge in [0.05, 0.1) is 14.1 Å². The Hall–Kier alpha value is -3.05. The fourth-order valence-corrected chi connectivity index (χ4v) is 5.78. The predicted molar refractivity (Wildman–Crippen MR) is 131 cm³/mol. The highest BCUT2D eigenvalue weighted by molar-refractivity contribution is 7.89. The number of hydrogen-bond donors (Lipinski definition) is 1. The predicted octanol–water partition coefficient (Wildman–Crippen LogP) is 5.30. The van der Waals surface area contributed by atoms with Crippen molar-refractivity contribution >= 4 is 44.9 Å². The first-order valence-corrected chi connectivity index (χ1v) is 12.9. The van der Waals surface area contributed by atoms with Gasteiger partial charge in [-0.2, -0.15) is 4.31 Å². The van der Waals surface area contributed by atoms with Crippen molar-refractivity contribution in [2.45, 2.75) is 31.3 Å². The molecule has 176 valence electrons. The lowest BCUT2D eigenvalue weighted by Crippen LogP contribution is -2.36. The lowest BCUT2D eigenvalue weighted by molar-refractivity contribution is 0.102. The van der Waals surface area contributed by atoms with Crippen molar-refractivity contribution in [1.29, 1.82) is 0 Å². The molecule has 0 aliphatic carbocycles. The quantitative estimate of drug-likeness (QED) is 0.340. The highest BCUT2D eigenvalue weighted by Crippen LogP contribution is 2.30. The zero-order valence-electron chi connectivity index (χ0n) is 18.3. The van der Waals surface area contributed by atoms with Crippen molar-refractivity contribution in [3.05, 3.63) is 82.2 Å². The third-order valence-electron chi connectivity index (χ3n) is 4.91. The third-order valence-corrected chi connectivity index (χ3v) is 8.16. The number of carbonyl (C=O) groups is 1. The first-order valence-electron chi connectivity index (χ1n) is 10.3. The van der Waals surface area contributed by atoms with Gasteiger partial charge in [0.15, 0.2) is 0 Å². The van der Waals surface area contributed by atoms with Gasteiger partial charge in [-0.15, -0.1) is 16.4 Å². The molecule has 4 aromatic rings. The van der Waals surface area contributed by atoms with Crippen LogP contribution in [0.15, 0.2) is 76.0 Å².